The molecule has 0 aliphatic carbocycles. The van der Waals surface area contributed by atoms with Crippen molar-refractivity contribution in [3.63, 3.8) is 0 Å². The summed E-state index contributed by atoms with van der Waals surface area (Å²) in [6, 6.07) is 7.54. The molecule has 3 rings (SSSR count). The predicted molar refractivity (Wildman–Crippen MR) is 105 cm³/mol. The van der Waals surface area contributed by atoms with Crippen LogP contribution in [0.25, 0.3) is 0 Å². The van der Waals surface area contributed by atoms with Gasteiger partial charge in [-0.3, -0.25) is 0 Å². The normalized spacial score (nSPS) is 14.0. The molecular weight excluding hydrogens is 324 g/mol. The maximum Gasteiger partial charge on any atom is 0.213 e. The molecule has 26 heavy (non-hydrogen) atoms. The average Bonchev–Trinajstić information content (AvgIpc) is 2.64. The van der Waals surface area contributed by atoms with Crippen molar-refractivity contribution in [3.05, 3.63) is 53.9 Å². The van der Waals surface area contributed by atoms with Crippen molar-refractivity contribution >= 4 is 11.5 Å². The van der Waals surface area contributed by atoms with E-state index < -0.39 is 0 Å². The van der Waals surface area contributed by atoms with Crippen LogP contribution in [0.3, 0.4) is 0 Å². The van der Waals surface area contributed by atoms with E-state index in [1.807, 2.05) is 44.2 Å². The summed E-state index contributed by atoms with van der Waals surface area (Å²) in [4.78, 5) is 10.9. The Kier molecular flexibility index (Phi) is 5.75. The summed E-state index contributed by atoms with van der Waals surface area (Å²) in [5.74, 6) is 7.79. The van der Waals surface area contributed by atoms with Crippen molar-refractivity contribution in [3.8, 4) is 17.7 Å². The number of anilines is 2. The Morgan fingerprint density at radius 3 is 2.65 bits per heavy atom. The van der Waals surface area contributed by atoms with Gasteiger partial charge in [-0.15, -0.1) is 0 Å². The Balaban J connectivity index is 1.56. The fraction of sp³-hybridized carbons (Fsp3) is 0.333. The largest absolute Gasteiger partial charge is 0.475 e. The maximum absolute atomic E-state index is 6.01. The molecule has 0 radical (unpaired) electrons. The van der Waals surface area contributed by atoms with Crippen LogP contribution in [0.2, 0.25) is 0 Å². The molecule has 5 nitrogen and oxygen atoms in total. The van der Waals surface area contributed by atoms with Gasteiger partial charge < -0.3 is 15.4 Å². The Labute approximate surface area is 154 Å². The number of nitrogens with zero attached hydrogens (tertiary/aromatic N) is 3. The van der Waals surface area contributed by atoms with Crippen LogP contribution in [0.5, 0.6) is 5.88 Å². The van der Waals surface area contributed by atoms with Crippen LogP contribution in [0, 0.1) is 11.8 Å². The number of nitrogen functional groups attached to an aromatic ring is 1. The highest BCUT2D eigenvalue weighted by molar-refractivity contribution is 5.62. The van der Waals surface area contributed by atoms with Gasteiger partial charge in [-0.2, -0.15) is 0 Å². The molecular formula is C21H24N4O. The zero-order chi connectivity index (χ0) is 18.4. The second-order valence-electron chi connectivity index (χ2n) is 6.53. The molecule has 1 aliphatic rings. The van der Waals surface area contributed by atoms with Crippen molar-refractivity contribution in [2.75, 3.05) is 23.7 Å². The van der Waals surface area contributed by atoms with Crippen LogP contribution in [0.15, 0.2) is 48.3 Å². The lowest BCUT2D eigenvalue weighted by Gasteiger charge is -2.29. The minimum Gasteiger partial charge on any atom is -0.475 e. The number of hydrogen-bond donors (Lipinski definition) is 1. The predicted octanol–water partition coefficient (Wildman–Crippen LogP) is 3.42. The molecule has 0 atom stereocenters. The number of pyridine rings is 2. The summed E-state index contributed by atoms with van der Waals surface area (Å²) < 4.78 is 5.53. The molecule has 134 valence electrons. The third-order valence-electron chi connectivity index (χ3n) is 4.11. The van der Waals surface area contributed by atoms with Gasteiger partial charge in [-0.25, -0.2) is 9.97 Å². The van der Waals surface area contributed by atoms with Crippen molar-refractivity contribution in [1.29, 1.82) is 0 Å². The highest BCUT2D eigenvalue weighted by atomic mass is 16.5. The summed E-state index contributed by atoms with van der Waals surface area (Å²) in [5, 5.41) is 0. The molecule has 1 saturated heterocycles. The number of allylic oxidation sites excluding steroid dienone is 1. The van der Waals surface area contributed by atoms with Crippen molar-refractivity contribution in [1.82, 2.24) is 9.97 Å². The van der Waals surface area contributed by atoms with Gasteiger partial charge in [0.25, 0.3) is 0 Å². The van der Waals surface area contributed by atoms with Crippen LogP contribution in [-0.2, 0) is 0 Å². The van der Waals surface area contributed by atoms with E-state index in [2.05, 4.69) is 26.7 Å². The topological polar surface area (TPSA) is 64.3 Å². The molecule has 0 saturated carbocycles. The van der Waals surface area contributed by atoms with E-state index in [9.17, 15) is 0 Å². The van der Waals surface area contributed by atoms with E-state index in [4.69, 9.17) is 10.5 Å². The van der Waals surface area contributed by atoms with Crippen LogP contribution >= 0.6 is 0 Å². The molecule has 0 unspecified atom stereocenters. The fourth-order valence-corrected chi connectivity index (χ4v) is 2.81. The van der Waals surface area contributed by atoms with Gasteiger partial charge in [0.15, 0.2) is 5.82 Å². The molecule has 1 fully saturated rings. The molecule has 2 aromatic heterocycles. The van der Waals surface area contributed by atoms with Crippen LogP contribution in [0.4, 0.5) is 11.5 Å². The molecule has 0 amide bonds. The molecule has 2 N–H and O–H groups in total. The first kappa shape index (κ1) is 17.8. The minimum absolute atomic E-state index is 0.122. The Morgan fingerprint density at radius 2 is 2.00 bits per heavy atom. The Hall–Kier alpha value is -3.00. The molecule has 3 heterocycles. The lowest BCUT2D eigenvalue weighted by atomic mass is 10.0. The third-order valence-corrected chi connectivity index (χ3v) is 4.11. The number of aromatic nitrogens is 2. The molecule has 5 heteroatoms. The van der Waals surface area contributed by atoms with Gasteiger partial charge in [0.2, 0.25) is 5.88 Å². The second-order valence-corrected chi connectivity index (χ2v) is 6.53. The number of nitrogens with two attached hydrogens (primary N) is 1. The summed E-state index contributed by atoms with van der Waals surface area (Å²) >= 11 is 0. The molecule has 2 aromatic rings. The first-order chi connectivity index (χ1) is 12.6. The Bertz CT molecular complexity index is 821. The van der Waals surface area contributed by atoms with Gasteiger partial charge in [-0.1, -0.05) is 17.4 Å². The van der Waals surface area contributed by atoms with Gasteiger partial charge in [0.1, 0.15) is 0 Å². The zero-order valence-corrected chi connectivity index (χ0v) is 15.3. The standard InChI is InChI=1S/C21H24N4O/c1-16(2)26-20-9-8-18(15-24-20)6-3-5-17-10-13-25(14-11-17)21-19(22)7-4-12-23-21/h4-5,7-9,12,15-16H,10-11,13-14,22H2,1-2H3. The number of ether oxygens (including phenoxy) is 1. The van der Waals surface area contributed by atoms with E-state index in [-0.39, 0.29) is 6.10 Å². The third kappa shape index (κ3) is 4.76. The molecule has 1 aliphatic heterocycles. The minimum atomic E-state index is 0.122. The number of rotatable bonds is 3. The molecule has 0 bridgehead atoms. The highest BCUT2D eigenvalue weighted by Gasteiger charge is 2.16. The summed E-state index contributed by atoms with van der Waals surface area (Å²) in [6.07, 6.45) is 7.63. The second kappa shape index (κ2) is 8.39. The van der Waals surface area contributed by atoms with Crippen molar-refractivity contribution in [2.24, 2.45) is 0 Å². The zero-order valence-electron chi connectivity index (χ0n) is 15.3. The first-order valence-corrected chi connectivity index (χ1v) is 8.89. The van der Waals surface area contributed by atoms with Gasteiger partial charge >= 0.3 is 0 Å². The van der Waals surface area contributed by atoms with Crippen LogP contribution < -0.4 is 15.4 Å². The van der Waals surface area contributed by atoms with E-state index in [1.165, 1.54) is 5.57 Å². The average molecular weight is 348 g/mol. The van der Waals surface area contributed by atoms with Crippen molar-refractivity contribution in [2.45, 2.75) is 32.8 Å². The smallest absolute Gasteiger partial charge is 0.213 e. The van der Waals surface area contributed by atoms with Gasteiger partial charge in [-0.05, 0) is 51.0 Å². The van der Waals surface area contributed by atoms with Gasteiger partial charge in [0.05, 0.1) is 11.8 Å². The van der Waals surface area contributed by atoms with E-state index in [0.717, 1.165) is 43.0 Å². The van der Waals surface area contributed by atoms with E-state index in [1.54, 1.807) is 12.4 Å². The summed E-state index contributed by atoms with van der Waals surface area (Å²) in [7, 11) is 0. The highest BCUT2D eigenvalue weighted by Crippen LogP contribution is 2.25. The lowest BCUT2D eigenvalue weighted by Crippen LogP contribution is -2.31. The number of piperidine rings is 1. The molecule has 0 aromatic carbocycles. The van der Waals surface area contributed by atoms with Crippen molar-refractivity contribution < 1.29 is 4.74 Å². The van der Waals surface area contributed by atoms with E-state index >= 15 is 0 Å². The Morgan fingerprint density at radius 1 is 1.19 bits per heavy atom. The monoisotopic (exact) mass is 348 g/mol. The quantitative estimate of drug-likeness (QED) is 0.861. The van der Waals surface area contributed by atoms with E-state index in [0.29, 0.717) is 5.88 Å². The SMILES string of the molecule is CC(C)Oc1ccc(C#CC=C2CCN(c3ncccc3N)CC2)cn1. The maximum atomic E-state index is 6.01. The van der Waals surface area contributed by atoms with Crippen LogP contribution in [-0.4, -0.2) is 29.2 Å². The number of hydrogen-bond acceptors (Lipinski definition) is 5. The van der Waals surface area contributed by atoms with Crippen LogP contribution in [0.1, 0.15) is 32.3 Å². The first-order valence-electron chi connectivity index (χ1n) is 8.89. The lowest BCUT2D eigenvalue weighted by molar-refractivity contribution is 0.232. The summed E-state index contributed by atoms with van der Waals surface area (Å²) in [6.45, 7) is 5.79. The van der Waals surface area contributed by atoms with Gasteiger partial charge in [0, 0.05) is 37.1 Å². The summed E-state index contributed by atoms with van der Waals surface area (Å²) in [5.41, 5.74) is 8.99. The fourth-order valence-electron chi connectivity index (χ4n) is 2.81. The molecule has 0 spiro atoms.